The molecule has 0 saturated heterocycles. The van der Waals surface area contributed by atoms with Gasteiger partial charge in [-0.25, -0.2) is 4.79 Å². The highest BCUT2D eigenvalue weighted by Gasteiger charge is 2.20. The molecule has 104 valence electrons. The molecule has 0 heterocycles. The molecule has 0 aromatic heterocycles. The summed E-state index contributed by atoms with van der Waals surface area (Å²) in [6, 6.07) is 4.24. The number of aldehydes is 1. The van der Waals surface area contributed by atoms with Crippen molar-refractivity contribution in [3.8, 4) is 0 Å². The van der Waals surface area contributed by atoms with Crippen molar-refractivity contribution in [2.24, 2.45) is 0 Å². The maximum atomic E-state index is 11.6. The number of hydrogen-bond acceptors (Lipinski definition) is 3. The molecule has 4 nitrogen and oxygen atoms in total. The summed E-state index contributed by atoms with van der Waals surface area (Å²) in [5.41, 5.74) is -0.0245. The minimum Gasteiger partial charge on any atom is -0.444 e. The molecular weight excluding hydrogens is 334 g/mol. The zero-order chi connectivity index (χ0) is 14.6. The van der Waals surface area contributed by atoms with Crippen LogP contribution in [0, 0.1) is 0 Å². The highest BCUT2D eigenvalue weighted by molar-refractivity contribution is 9.10. The van der Waals surface area contributed by atoms with Crippen molar-refractivity contribution in [3.05, 3.63) is 33.3 Å². The molecule has 0 aliphatic heterocycles. The standard InChI is InChI=1S/C13H15BrClNO3/c1-13(2,3)19-12(18)16-11(7-17)8-4-5-9(14)10(15)6-8/h4-7,11H,1-3H3,(H,16,18). The fourth-order valence-electron chi connectivity index (χ4n) is 1.34. The minimum atomic E-state index is -0.791. The second kappa shape index (κ2) is 6.39. The summed E-state index contributed by atoms with van der Waals surface area (Å²) >= 11 is 9.21. The summed E-state index contributed by atoms with van der Waals surface area (Å²) in [4.78, 5) is 22.7. The van der Waals surface area contributed by atoms with Gasteiger partial charge >= 0.3 is 6.09 Å². The molecule has 0 saturated carbocycles. The molecule has 19 heavy (non-hydrogen) atoms. The number of halogens is 2. The van der Waals surface area contributed by atoms with Crippen molar-refractivity contribution < 1.29 is 14.3 Å². The van der Waals surface area contributed by atoms with E-state index in [0.29, 0.717) is 16.9 Å². The van der Waals surface area contributed by atoms with Crippen LogP contribution in [0.2, 0.25) is 5.02 Å². The summed E-state index contributed by atoms with van der Waals surface area (Å²) in [5, 5.41) is 2.95. The first-order valence-corrected chi connectivity index (χ1v) is 6.80. The Morgan fingerprint density at radius 1 is 1.47 bits per heavy atom. The van der Waals surface area contributed by atoms with Crippen LogP contribution in [0.25, 0.3) is 0 Å². The fraction of sp³-hybridized carbons (Fsp3) is 0.385. The van der Waals surface area contributed by atoms with Crippen LogP contribution >= 0.6 is 27.5 Å². The first-order chi connectivity index (χ1) is 8.73. The van der Waals surface area contributed by atoms with Gasteiger partial charge in [0, 0.05) is 4.47 Å². The Morgan fingerprint density at radius 2 is 2.11 bits per heavy atom. The molecule has 0 aliphatic carbocycles. The van der Waals surface area contributed by atoms with E-state index in [-0.39, 0.29) is 0 Å². The van der Waals surface area contributed by atoms with Crippen LogP contribution in [0.15, 0.2) is 22.7 Å². The van der Waals surface area contributed by atoms with Crippen molar-refractivity contribution in [1.29, 1.82) is 0 Å². The normalized spacial score (nSPS) is 12.7. The van der Waals surface area contributed by atoms with E-state index in [1.807, 2.05) is 0 Å². The van der Waals surface area contributed by atoms with Crippen molar-refractivity contribution in [2.45, 2.75) is 32.4 Å². The Kier molecular flexibility index (Phi) is 5.38. The molecular formula is C13H15BrClNO3. The Balaban J connectivity index is 2.81. The summed E-state index contributed by atoms with van der Waals surface area (Å²) in [7, 11) is 0. The minimum absolute atomic E-state index is 0.468. The predicted octanol–water partition coefficient (Wildman–Crippen LogP) is 3.87. The van der Waals surface area contributed by atoms with Gasteiger partial charge in [-0.15, -0.1) is 0 Å². The van der Waals surface area contributed by atoms with Crippen LogP contribution in [0.1, 0.15) is 32.4 Å². The Bertz CT molecular complexity index is 485. The largest absolute Gasteiger partial charge is 0.444 e. The van der Waals surface area contributed by atoms with E-state index in [9.17, 15) is 9.59 Å². The molecule has 0 fully saturated rings. The van der Waals surface area contributed by atoms with E-state index in [4.69, 9.17) is 16.3 Å². The van der Waals surface area contributed by atoms with Gasteiger partial charge in [-0.3, -0.25) is 0 Å². The third-order valence-corrected chi connectivity index (χ3v) is 3.34. The number of rotatable bonds is 3. The third kappa shape index (κ3) is 5.20. The molecule has 1 aromatic rings. The topological polar surface area (TPSA) is 55.4 Å². The lowest BCUT2D eigenvalue weighted by atomic mass is 10.1. The summed E-state index contributed by atoms with van der Waals surface area (Å²) in [6.07, 6.45) is -0.0209. The molecule has 1 N–H and O–H groups in total. The third-order valence-electron chi connectivity index (χ3n) is 2.11. The maximum absolute atomic E-state index is 11.6. The quantitative estimate of drug-likeness (QED) is 0.844. The van der Waals surface area contributed by atoms with E-state index >= 15 is 0 Å². The highest BCUT2D eigenvalue weighted by Crippen LogP contribution is 2.25. The molecule has 6 heteroatoms. The number of nitrogens with one attached hydrogen (secondary N) is 1. The number of carbonyl (C=O) groups excluding carboxylic acids is 2. The van der Waals surface area contributed by atoms with E-state index in [2.05, 4.69) is 21.2 Å². The van der Waals surface area contributed by atoms with Crippen LogP contribution in [0.3, 0.4) is 0 Å². The summed E-state index contributed by atoms with van der Waals surface area (Å²) < 4.78 is 5.82. The van der Waals surface area contributed by atoms with E-state index < -0.39 is 17.7 Å². The predicted molar refractivity (Wildman–Crippen MR) is 77.3 cm³/mol. The fourth-order valence-corrected chi connectivity index (χ4v) is 1.77. The van der Waals surface area contributed by atoms with Crippen LogP contribution in [0.5, 0.6) is 0 Å². The average Bonchev–Trinajstić information content (AvgIpc) is 2.27. The first-order valence-electron chi connectivity index (χ1n) is 5.62. The molecule has 0 radical (unpaired) electrons. The van der Waals surface area contributed by atoms with Gasteiger partial charge in [0.1, 0.15) is 17.9 Å². The smallest absolute Gasteiger partial charge is 0.408 e. The molecule has 0 bridgehead atoms. The lowest BCUT2D eigenvalue weighted by Gasteiger charge is -2.21. The van der Waals surface area contributed by atoms with Crippen molar-refractivity contribution in [3.63, 3.8) is 0 Å². The molecule has 1 unspecified atom stereocenters. The monoisotopic (exact) mass is 347 g/mol. The zero-order valence-corrected chi connectivity index (χ0v) is 13.2. The second-order valence-electron chi connectivity index (χ2n) is 4.93. The van der Waals surface area contributed by atoms with Crippen LogP contribution in [-0.2, 0) is 9.53 Å². The molecule has 1 amide bonds. The molecule has 1 atom stereocenters. The van der Waals surface area contributed by atoms with E-state index in [0.717, 1.165) is 4.47 Å². The number of ether oxygens (including phenoxy) is 1. The second-order valence-corrected chi connectivity index (χ2v) is 6.20. The molecule has 0 aliphatic rings. The van der Waals surface area contributed by atoms with Crippen LogP contribution in [-0.4, -0.2) is 18.0 Å². The Hall–Kier alpha value is -1.07. The number of benzene rings is 1. The van der Waals surface area contributed by atoms with Gasteiger partial charge in [0.15, 0.2) is 0 Å². The lowest BCUT2D eigenvalue weighted by Crippen LogP contribution is -2.35. The van der Waals surface area contributed by atoms with Crippen molar-refractivity contribution >= 4 is 39.9 Å². The number of alkyl carbamates (subject to hydrolysis) is 1. The molecule has 0 spiro atoms. The lowest BCUT2D eigenvalue weighted by molar-refractivity contribution is -0.109. The molecule has 1 aromatic carbocycles. The Labute approximate surface area is 125 Å². The van der Waals surface area contributed by atoms with Gasteiger partial charge in [-0.1, -0.05) is 17.7 Å². The number of hydrogen-bond donors (Lipinski definition) is 1. The highest BCUT2D eigenvalue weighted by atomic mass is 79.9. The van der Waals surface area contributed by atoms with Gasteiger partial charge < -0.3 is 14.8 Å². The summed E-state index contributed by atoms with van der Waals surface area (Å²) in [5.74, 6) is 0. The SMILES string of the molecule is CC(C)(C)OC(=O)NC(C=O)c1ccc(Br)c(Cl)c1. The maximum Gasteiger partial charge on any atom is 0.408 e. The number of amides is 1. The summed E-state index contributed by atoms with van der Waals surface area (Å²) in [6.45, 7) is 5.25. The van der Waals surface area contributed by atoms with Gasteiger partial charge in [0.25, 0.3) is 0 Å². The van der Waals surface area contributed by atoms with Crippen molar-refractivity contribution in [1.82, 2.24) is 5.32 Å². The van der Waals surface area contributed by atoms with Crippen molar-refractivity contribution in [2.75, 3.05) is 0 Å². The Morgan fingerprint density at radius 3 is 2.58 bits per heavy atom. The average molecular weight is 349 g/mol. The van der Waals surface area contributed by atoms with Gasteiger partial charge in [-0.2, -0.15) is 0 Å². The molecule has 1 rings (SSSR count). The van der Waals surface area contributed by atoms with E-state index in [1.54, 1.807) is 39.0 Å². The van der Waals surface area contributed by atoms with Crippen LogP contribution < -0.4 is 5.32 Å². The van der Waals surface area contributed by atoms with Crippen LogP contribution in [0.4, 0.5) is 4.79 Å². The number of carbonyl (C=O) groups is 2. The van der Waals surface area contributed by atoms with E-state index in [1.165, 1.54) is 0 Å². The van der Waals surface area contributed by atoms with Gasteiger partial charge in [0.05, 0.1) is 5.02 Å². The zero-order valence-electron chi connectivity index (χ0n) is 10.9. The van der Waals surface area contributed by atoms with Gasteiger partial charge in [0.2, 0.25) is 0 Å². The first kappa shape index (κ1) is 16.0. The van der Waals surface area contributed by atoms with Gasteiger partial charge in [-0.05, 0) is 54.4 Å².